The molecule has 1 unspecified atom stereocenters. The van der Waals surface area contributed by atoms with Crippen LogP contribution in [0, 0.1) is 11.8 Å². The lowest BCUT2D eigenvalue weighted by Gasteiger charge is -2.30. The average Bonchev–Trinajstić information content (AvgIpc) is 2.62. The third-order valence-corrected chi connectivity index (χ3v) is 5.66. The molecule has 1 atom stereocenters. The summed E-state index contributed by atoms with van der Waals surface area (Å²) >= 11 is 0. The summed E-state index contributed by atoms with van der Waals surface area (Å²) in [6.45, 7) is 11.3. The highest BCUT2D eigenvalue weighted by Crippen LogP contribution is 2.16. The van der Waals surface area contributed by atoms with Gasteiger partial charge in [-0.1, -0.05) is 98.3 Å². The van der Waals surface area contributed by atoms with E-state index in [-0.39, 0.29) is 19.3 Å². The van der Waals surface area contributed by atoms with Crippen molar-refractivity contribution in [2.45, 2.75) is 117 Å². The number of unbranched alkanes of at least 4 members (excludes halogenated alkanes) is 8. The Morgan fingerprint density at radius 3 is 1.44 bits per heavy atom. The van der Waals surface area contributed by atoms with Crippen molar-refractivity contribution >= 4 is 0 Å². The largest absolute Gasteiger partial charge is 0.395 e. The summed E-state index contributed by atoms with van der Waals surface area (Å²) in [5, 5.41) is 19.2. The molecule has 0 bridgehead atoms. The number of aliphatic hydroxyl groups is 2. The molecule has 0 aromatic carbocycles. The van der Waals surface area contributed by atoms with Gasteiger partial charge in [-0.3, -0.25) is 4.90 Å². The highest BCUT2D eigenvalue weighted by atomic mass is 16.3. The Bertz CT molecular complexity index is 294. The highest BCUT2D eigenvalue weighted by molar-refractivity contribution is 4.71. The summed E-state index contributed by atoms with van der Waals surface area (Å²) in [5.41, 5.74) is 0. The molecule has 0 aromatic heterocycles. The van der Waals surface area contributed by atoms with E-state index >= 15 is 0 Å². The van der Waals surface area contributed by atoms with E-state index in [9.17, 15) is 10.2 Å². The molecule has 27 heavy (non-hydrogen) atoms. The van der Waals surface area contributed by atoms with Gasteiger partial charge in [-0.05, 0) is 31.2 Å². The number of hydrogen-bond donors (Lipinski definition) is 2. The zero-order chi connectivity index (χ0) is 20.3. The van der Waals surface area contributed by atoms with E-state index in [1.54, 1.807) is 0 Å². The molecule has 0 saturated carbocycles. The second-order valence-electron chi connectivity index (χ2n) is 9.29. The van der Waals surface area contributed by atoms with Gasteiger partial charge in [0.15, 0.2) is 0 Å². The lowest BCUT2D eigenvalue weighted by Crippen LogP contribution is -2.40. The van der Waals surface area contributed by atoms with Crippen LogP contribution in [0.3, 0.4) is 0 Å². The van der Waals surface area contributed by atoms with Gasteiger partial charge in [-0.15, -0.1) is 0 Å². The minimum Gasteiger partial charge on any atom is -0.395 e. The van der Waals surface area contributed by atoms with E-state index in [4.69, 9.17) is 0 Å². The minimum absolute atomic E-state index is 0.195. The summed E-state index contributed by atoms with van der Waals surface area (Å²) in [6.07, 6.45) is 16.7. The molecule has 0 saturated heterocycles. The molecule has 0 spiro atoms. The third kappa shape index (κ3) is 17.7. The Labute approximate surface area is 170 Å². The average molecular weight is 386 g/mol. The number of nitrogens with zero attached hydrogens (tertiary/aromatic N) is 1. The lowest BCUT2D eigenvalue weighted by molar-refractivity contribution is 0.0926. The highest BCUT2D eigenvalue weighted by Gasteiger charge is 2.16. The summed E-state index contributed by atoms with van der Waals surface area (Å²) in [6, 6.07) is 0.230. The van der Waals surface area contributed by atoms with Crippen molar-refractivity contribution in [1.82, 2.24) is 4.90 Å². The van der Waals surface area contributed by atoms with Gasteiger partial charge in [0.05, 0.1) is 13.2 Å². The normalized spacial score (nSPS) is 13.2. The van der Waals surface area contributed by atoms with Crippen molar-refractivity contribution in [3.05, 3.63) is 0 Å². The molecule has 0 heterocycles. The first-order valence-corrected chi connectivity index (χ1v) is 12.0. The minimum atomic E-state index is 0.195. The molecular weight excluding hydrogens is 334 g/mol. The van der Waals surface area contributed by atoms with E-state index in [0.717, 1.165) is 24.8 Å². The molecule has 3 nitrogen and oxygen atoms in total. The maximum atomic E-state index is 9.83. The van der Waals surface area contributed by atoms with Crippen molar-refractivity contribution < 1.29 is 10.2 Å². The second kappa shape index (κ2) is 19.2. The van der Waals surface area contributed by atoms with Crippen LogP contribution in [0.1, 0.15) is 111 Å². The van der Waals surface area contributed by atoms with Crippen molar-refractivity contribution in [1.29, 1.82) is 0 Å². The van der Waals surface area contributed by atoms with Crippen LogP contribution in [-0.4, -0.2) is 47.5 Å². The topological polar surface area (TPSA) is 43.7 Å². The first-order chi connectivity index (χ1) is 13.0. The van der Waals surface area contributed by atoms with Crippen LogP contribution in [0.25, 0.3) is 0 Å². The van der Waals surface area contributed by atoms with Gasteiger partial charge in [-0.25, -0.2) is 0 Å². The van der Waals surface area contributed by atoms with Gasteiger partial charge in [0.25, 0.3) is 0 Å². The van der Waals surface area contributed by atoms with Gasteiger partial charge < -0.3 is 10.2 Å². The predicted octanol–water partition coefficient (Wildman–Crippen LogP) is 6.02. The summed E-state index contributed by atoms with van der Waals surface area (Å²) in [5.74, 6) is 1.65. The molecule has 0 aromatic rings. The van der Waals surface area contributed by atoms with E-state index in [1.807, 2.05) is 0 Å². The second-order valence-corrected chi connectivity index (χ2v) is 9.29. The third-order valence-electron chi connectivity index (χ3n) is 5.66. The van der Waals surface area contributed by atoms with E-state index in [2.05, 4.69) is 32.6 Å². The van der Waals surface area contributed by atoms with Crippen molar-refractivity contribution in [3.8, 4) is 0 Å². The molecule has 0 aliphatic heterocycles. The Balaban J connectivity index is 3.88. The quantitative estimate of drug-likeness (QED) is 0.252. The first-order valence-electron chi connectivity index (χ1n) is 12.0. The Kier molecular flexibility index (Phi) is 19.1. The van der Waals surface area contributed by atoms with Crippen LogP contribution in [0.15, 0.2) is 0 Å². The van der Waals surface area contributed by atoms with Crippen LogP contribution in [-0.2, 0) is 0 Å². The maximum absolute atomic E-state index is 9.83. The maximum Gasteiger partial charge on any atom is 0.0586 e. The van der Waals surface area contributed by atoms with Crippen LogP contribution >= 0.6 is 0 Å². The van der Waals surface area contributed by atoms with E-state index in [1.165, 1.54) is 77.0 Å². The number of rotatable bonds is 20. The van der Waals surface area contributed by atoms with Gasteiger partial charge in [0.1, 0.15) is 0 Å². The Hall–Kier alpha value is -0.120. The molecule has 0 fully saturated rings. The zero-order valence-corrected chi connectivity index (χ0v) is 19.1. The number of hydrogen-bond acceptors (Lipinski definition) is 3. The van der Waals surface area contributed by atoms with Crippen LogP contribution < -0.4 is 0 Å². The summed E-state index contributed by atoms with van der Waals surface area (Å²) in [7, 11) is 0. The fraction of sp³-hybridized carbons (Fsp3) is 1.00. The first kappa shape index (κ1) is 26.9. The van der Waals surface area contributed by atoms with E-state index < -0.39 is 0 Å². The molecule has 2 N–H and O–H groups in total. The molecule has 0 aliphatic rings. The fourth-order valence-electron chi connectivity index (χ4n) is 3.86. The molecule has 0 rings (SSSR count). The molecule has 0 radical (unpaired) electrons. The van der Waals surface area contributed by atoms with Crippen molar-refractivity contribution in [3.63, 3.8) is 0 Å². The smallest absolute Gasteiger partial charge is 0.0586 e. The van der Waals surface area contributed by atoms with E-state index in [0.29, 0.717) is 6.54 Å². The Morgan fingerprint density at radius 1 is 0.556 bits per heavy atom. The van der Waals surface area contributed by atoms with Crippen LogP contribution in [0.4, 0.5) is 0 Å². The number of aliphatic hydroxyl groups excluding tert-OH is 2. The molecule has 0 aliphatic carbocycles. The molecule has 0 amide bonds. The zero-order valence-electron chi connectivity index (χ0n) is 19.1. The van der Waals surface area contributed by atoms with Gasteiger partial charge >= 0.3 is 0 Å². The predicted molar refractivity (Wildman–Crippen MR) is 119 cm³/mol. The van der Waals surface area contributed by atoms with Gasteiger partial charge in [-0.2, -0.15) is 0 Å². The molecular formula is C24H51NO2. The monoisotopic (exact) mass is 385 g/mol. The van der Waals surface area contributed by atoms with Crippen LogP contribution in [0.5, 0.6) is 0 Å². The lowest BCUT2D eigenvalue weighted by atomic mass is 10.0. The van der Waals surface area contributed by atoms with Gasteiger partial charge in [0.2, 0.25) is 0 Å². The van der Waals surface area contributed by atoms with Crippen molar-refractivity contribution in [2.75, 3.05) is 26.3 Å². The van der Waals surface area contributed by atoms with Crippen LogP contribution in [0.2, 0.25) is 0 Å². The fourth-order valence-corrected chi connectivity index (χ4v) is 3.86. The SMILES string of the molecule is CC(C)CCCCCCCC(CO)N(CCO)CCCCCCCC(C)C. The summed E-state index contributed by atoms with van der Waals surface area (Å²) < 4.78 is 0. The summed E-state index contributed by atoms with van der Waals surface area (Å²) in [4.78, 5) is 2.33. The standard InChI is InChI=1S/C24H51NO2/c1-22(2)15-11-7-5-9-13-17-24(21-27)25(19-20-26)18-14-10-6-8-12-16-23(3)4/h22-24,26-27H,5-21H2,1-4H3. The van der Waals surface area contributed by atoms with Crippen molar-refractivity contribution in [2.24, 2.45) is 11.8 Å². The molecule has 164 valence electrons. The Morgan fingerprint density at radius 2 is 1.00 bits per heavy atom. The molecule has 3 heteroatoms. The van der Waals surface area contributed by atoms with Gasteiger partial charge in [0, 0.05) is 12.6 Å².